The van der Waals surface area contributed by atoms with Crippen LogP contribution in [0.5, 0.6) is 0 Å². The van der Waals surface area contributed by atoms with Crippen LogP contribution in [-0.2, 0) is 6.54 Å². The van der Waals surface area contributed by atoms with Crippen molar-refractivity contribution < 1.29 is 9.32 Å². The Balaban J connectivity index is 1.98. The maximum absolute atomic E-state index is 11.5. The molecule has 17 heavy (non-hydrogen) atoms. The molecule has 2 aromatic rings. The van der Waals surface area contributed by atoms with Gasteiger partial charge in [-0.3, -0.25) is 4.79 Å². The first kappa shape index (κ1) is 10.9. The topological polar surface area (TPSA) is 78.9 Å². The number of benzene rings is 1. The van der Waals surface area contributed by atoms with Crippen LogP contribution in [0.1, 0.15) is 21.6 Å². The number of carbonyl (C=O) groups is 1. The molecule has 0 atom stereocenters. The fourth-order valence-corrected chi connectivity index (χ4v) is 1.35. The lowest BCUT2D eigenvalue weighted by atomic mass is 10.1. The smallest absolute Gasteiger partial charge is 0.273 e. The zero-order chi connectivity index (χ0) is 12.1. The minimum atomic E-state index is -0.305. The Bertz CT molecular complexity index is 555. The molecule has 0 saturated carbocycles. The maximum Gasteiger partial charge on any atom is 0.273 e. The molecule has 1 aromatic heterocycles. The molecule has 5 heteroatoms. The third-order valence-electron chi connectivity index (χ3n) is 2.18. The Morgan fingerprint density at radius 2 is 2.35 bits per heavy atom. The van der Waals surface area contributed by atoms with E-state index in [0.717, 1.165) is 5.56 Å². The van der Waals surface area contributed by atoms with Crippen LogP contribution in [0, 0.1) is 11.3 Å². The van der Waals surface area contributed by atoms with Gasteiger partial charge in [-0.25, -0.2) is 0 Å². The number of rotatable bonds is 3. The third kappa shape index (κ3) is 2.69. The van der Waals surface area contributed by atoms with Crippen LogP contribution in [0.2, 0.25) is 0 Å². The Labute approximate surface area is 97.7 Å². The standard InChI is InChI=1S/C12H9N3O2/c13-7-9-2-1-3-10(6-9)8-14-12(16)11-4-5-17-15-11/h1-6H,8H2,(H,14,16). The molecular formula is C12H9N3O2. The molecule has 0 unspecified atom stereocenters. The molecule has 5 nitrogen and oxygen atoms in total. The molecule has 1 N–H and O–H groups in total. The van der Waals surface area contributed by atoms with E-state index >= 15 is 0 Å². The van der Waals surface area contributed by atoms with Gasteiger partial charge >= 0.3 is 0 Å². The lowest BCUT2D eigenvalue weighted by Gasteiger charge is -2.03. The van der Waals surface area contributed by atoms with Gasteiger partial charge in [0.15, 0.2) is 5.69 Å². The number of hydrogen-bond donors (Lipinski definition) is 1. The first-order chi connectivity index (χ1) is 8.29. The predicted octanol–water partition coefficient (Wildman–Crippen LogP) is 1.48. The van der Waals surface area contributed by atoms with Crippen LogP contribution in [0.4, 0.5) is 0 Å². The minimum Gasteiger partial charge on any atom is -0.364 e. The molecular weight excluding hydrogens is 218 g/mol. The normalized spacial score (nSPS) is 9.59. The number of amides is 1. The van der Waals surface area contributed by atoms with E-state index in [9.17, 15) is 4.79 Å². The van der Waals surface area contributed by atoms with E-state index in [4.69, 9.17) is 5.26 Å². The summed E-state index contributed by atoms with van der Waals surface area (Å²) in [5.74, 6) is -0.305. The molecule has 0 radical (unpaired) electrons. The van der Waals surface area contributed by atoms with E-state index in [-0.39, 0.29) is 11.6 Å². The number of hydrogen-bond acceptors (Lipinski definition) is 4. The second kappa shape index (κ2) is 4.94. The fraction of sp³-hybridized carbons (Fsp3) is 0.0833. The first-order valence-corrected chi connectivity index (χ1v) is 4.97. The van der Waals surface area contributed by atoms with Crippen LogP contribution < -0.4 is 5.32 Å². The summed E-state index contributed by atoms with van der Waals surface area (Å²) in [5.41, 5.74) is 1.67. The van der Waals surface area contributed by atoms with Gasteiger partial charge in [-0.05, 0) is 17.7 Å². The third-order valence-corrected chi connectivity index (χ3v) is 2.18. The largest absolute Gasteiger partial charge is 0.364 e. The zero-order valence-electron chi connectivity index (χ0n) is 8.88. The van der Waals surface area contributed by atoms with Crippen LogP contribution in [0.25, 0.3) is 0 Å². The highest BCUT2D eigenvalue weighted by atomic mass is 16.5. The molecule has 0 fully saturated rings. The Morgan fingerprint density at radius 3 is 3.06 bits per heavy atom. The lowest BCUT2D eigenvalue weighted by molar-refractivity contribution is 0.0942. The van der Waals surface area contributed by atoms with Gasteiger partial charge < -0.3 is 9.84 Å². The molecule has 1 aromatic carbocycles. The molecule has 0 spiro atoms. The molecule has 0 aliphatic heterocycles. The molecule has 1 heterocycles. The van der Waals surface area contributed by atoms with Crippen molar-refractivity contribution in [3.63, 3.8) is 0 Å². The quantitative estimate of drug-likeness (QED) is 0.861. The van der Waals surface area contributed by atoms with Gasteiger partial charge in [-0.2, -0.15) is 5.26 Å². The average molecular weight is 227 g/mol. The summed E-state index contributed by atoms with van der Waals surface area (Å²) in [7, 11) is 0. The average Bonchev–Trinajstić information content (AvgIpc) is 2.90. The lowest BCUT2D eigenvalue weighted by Crippen LogP contribution is -2.23. The molecule has 1 amide bonds. The molecule has 0 aliphatic rings. The maximum atomic E-state index is 11.5. The van der Waals surface area contributed by atoms with E-state index in [1.165, 1.54) is 12.3 Å². The number of nitriles is 1. The van der Waals surface area contributed by atoms with E-state index < -0.39 is 0 Å². The summed E-state index contributed by atoms with van der Waals surface area (Å²) in [6.07, 6.45) is 1.34. The summed E-state index contributed by atoms with van der Waals surface area (Å²) >= 11 is 0. The van der Waals surface area contributed by atoms with Crippen LogP contribution >= 0.6 is 0 Å². The second-order valence-corrected chi connectivity index (χ2v) is 3.38. The van der Waals surface area contributed by atoms with Crippen molar-refractivity contribution in [2.75, 3.05) is 0 Å². The van der Waals surface area contributed by atoms with Crippen LogP contribution in [0.15, 0.2) is 41.1 Å². The van der Waals surface area contributed by atoms with Gasteiger partial charge in [0.25, 0.3) is 5.91 Å². The van der Waals surface area contributed by atoms with Crippen molar-refractivity contribution in [2.45, 2.75) is 6.54 Å². The van der Waals surface area contributed by atoms with Crippen molar-refractivity contribution >= 4 is 5.91 Å². The summed E-state index contributed by atoms with van der Waals surface area (Å²) < 4.78 is 4.57. The van der Waals surface area contributed by atoms with Crippen molar-refractivity contribution in [2.24, 2.45) is 0 Å². The summed E-state index contributed by atoms with van der Waals surface area (Å²) in [6, 6.07) is 10.6. The summed E-state index contributed by atoms with van der Waals surface area (Å²) in [5, 5.41) is 14.9. The Morgan fingerprint density at radius 1 is 1.47 bits per heavy atom. The number of carbonyl (C=O) groups excluding carboxylic acids is 1. The molecule has 84 valence electrons. The highest BCUT2D eigenvalue weighted by Crippen LogP contribution is 2.04. The first-order valence-electron chi connectivity index (χ1n) is 4.97. The number of aromatic nitrogens is 1. The Kier molecular flexibility index (Phi) is 3.17. The SMILES string of the molecule is N#Cc1cccc(CNC(=O)c2ccon2)c1. The van der Waals surface area contributed by atoms with E-state index in [1.54, 1.807) is 18.2 Å². The predicted molar refractivity (Wildman–Crippen MR) is 58.8 cm³/mol. The van der Waals surface area contributed by atoms with Gasteiger partial charge in [0.05, 0.1) is 11.6 Å². The summed E-state index contributed by atoms with van der Waals surface area (Å²) in [6.45, 7) is 0.348. The Hall–Kier alpha value is -2.61. The molecule has 0 bridgehead atoms. The van der Waals surface area contributed by atoms with E-state index in [2.05, 4.69) is 15.0 Å². The van der Waals surface area contributed by atoms with Gasteiger partial charge in [-0.15, -0.1) is 0 Å². The minimum absolute atomic E-state index is 0.237. The molecule has 0 aliphatic carbocycles. The van der Waals surface area contributed by atoms with E-state index in [0.29, 0.717) is 12.1 Å². The monoisotopic (exact) mass is 227 g/mol. The van der Waals surface area contributed by atoms with Gasteiger partial charge in [-0.1, -0.05) is 17.3 Å². The second-order valence-electron chi connectivity index (χ2n) is 3.38. The van der Waals surface area contributed by atoms with Crippen molar-refractivity contribution in [3.8, 4) is 6.07 Å². The molecule has 2 rings (SSSR count). The molecule has 0 saturated heterocycles. The van der Waals surface area contributed by atoms with Crippen LogP contribution in [-0.4, -0.2) is 11.1 Å². The van der Waals surface area contributed by atoms with Crippen molar-refractivity contribution in [1.82, 2.24) is 10.5 Å². The number of nitrogens with zero attached hydrogens (tertiary/aromatic N) is 2. The fourth-order valence-electron chi connectivity index (χ4n) is 1.35. The van der Waals surface area contributed by atoms with Gasteiger partial charge in [0.1, 0.15) is 6.26 Å². The van der Waals surface area contributed by atoms with Gasteiger partial charge in [0.2, 0.25) is 0 Å². The summed E-state index contributed by atoms with van der Waals surface area (Å²) in [4.78, 5) is 11.5. The zero-order valence-corrected chi connectivity index (χ0v) is 8.88. The van der Waals surface area contributed by atoms with Gasteiger partial charge in [0, 0.05) is 12.6 Å². The highest BCUT2D eigenvalue weighted by molar-refractivity contribution is 5.91. The van der Waals surface area contributed by atoms with E-state index in [1.807, 2.05) is 12.1 Å². The van der Waals surface area contributed by atoms with Crippen molar-refractivity contribution in [1.29, 1.82) is 5.26 Å². The highest BCUT2D eigenvalue weighted by Gasteiger charge is 2.07. The number of nitrogens with one attached hydrogen (secondary N) is 1. The van der Waals surface area contributed by atoms with Crippen molar-refractivity contribution in [3.05, 3.63) is 53.4 Å². The van der Waals surface area contributed by atoms with Crippen LogP contribution in [0.3, 0.4) is 0 Å².